The summed E-state index contributed by atoms with van der Waals surface area (Å²) >= 11 is 5.85. The monoisotopic (exact) mass is 389 g/mol. The Hall–Kier alpha value is -2.99. The van der Waals surface area contributed by atoms with Gasteiger partial charge in [0.25, 0.3) is 0 Å². The van der Waals surface area contributed by atoms with Crippen LogP contribution in [0.3, 0.4) is 0 Å². The van der Waals surface area contributed by atoms with E-state index in [1.54, 1.807) is 43.3 Å². The number of carbonyl (C=O) groups is 2. The third-order valence-electron chi connectivity index (χ3n) is 3.86. The molecule has 0 aliphatic carbocycles. The number of nitrogens with one attached hydrogen (secondary N) is 1. The molecule has 0 aromatic heterocycles. The van der Waals surface area contributed by atoms with E-state index >= 15 is 0 Å². The minimum atomic E-state index is -1.08. The number of ether oxygens (including phenoxy) is 2. The van der Waals surface area contributed by atoms with Gasteiger partial charge in [0.05, 0.1) is 14.2 Å². The highest BCUT2D eigenvalue weighted by Crippen LogP contribution is 2.29. The highest BCUT2D eigenvalue weighted by molar-refractivity contribution is 6.30. The Morgan fingerprint density at radius 3 is 2.37 bits per heavy atom. The molecule has 0 aliphatic heterocycles. The fraction of sp³-hybridized carbons (Fsp3) is 0.200. The maximum absolute atomic E-state index is 12.5. The predicted octanol–water partition coefficient (Wildman–Crippen LogP) is 3.49. The molecule has 0 fully saturated rings. The Morgan fingerprint density at radius 2 is 1.81 bits per heavy atom. The molecule has 27 heavy (non-hydrogen) atoms. The molecular weight excluding hydrogens is 370 g/mol. The SMILES string of the molecule is COC(=O)C(NC(=O)C(C)=Cc1ccc(Cl)cc1)c1ccc(OC)c(O)c1. The summed E-state index contributed by atoms with van der Waals surface area (Å²) in [6, 6.07) is 10.3. The molecule has 0 spiro atoms. The second-order valence-electron chi connectivity index (χ2n) is 5.74. The fourth-order valence-electron chi connectivity index (χ4n) is 2.40. The molecule has 2 aromatic carbocycles. The third-order valence-corrected chi connectivity index (χ3v) is 4.11. The number of benzene rings is 2. The van der Waals surface area contributed by atoms with Gasteiger partial charge < -0.3 is 19.9 Å². The van der Waals surface area contributed by atoms with Crippen LogP contribution in [0.5, 0.6) is 11.5 Å². The van der Waals surface area contributed by atoms with Gasteiger partial charge in [0.1, 0.15) is 0 Å². The summed E-state index contributed by atoms with van der Waals surface area (Å²) in [6.07, 6.45) is 1.67. The molecule has 1 atom stereocenters. The van der Waals surface area contributed by atoms with Crippen molar-refractivity contribution in [1.29, 1.82) is 0 Å². The van der Waals surface area contributed by atoms with Crippen molar-refractivity contribution in [2.45, 2.75) is 13.0 Å². The number of hydrogen-bond donors (Lipinski definition) is 2. The van der Waals surface area contributed by atoms with Crippen molar-refractivity contribution in [2.24, 2.45) is 0 Å². The molecule has 0 aliphatic rings. The minimum absolute atomic E-state index is 0.147. The van der Waals surface area contributed by atoms with Crippen molar-refractivity contribution in [3.05, 3.63) is 64.2 Å². The summed E-state index contributed by atoms with van der Waals surface area (Å²) < 4.78 is 9.76. The van der Waals surface area contributed by atoms with Crippen molar-refractivity contribution in [3.63, 3.8) is 0 Å². The summed E-state index contributed by atoms with van der Waals surface area (Å²) in [4.78, 5) is 24.7. The van der Waals surface area contributed by atoms with Gasteiger partial charge in [-0.15, -0.1) is 0 Å². The number of halogens is 1. The van der Waals surface area contributed by atoms with Gasteiger partial charge in [-0.05, 0) is 48.4 Å². The molecule has 1 amide bonds. The Balaban J connectivity index is 2.25. The largest absolute Gasteiger partial charge is 0.504 e. The molecule has 0 saturated heterocycles. The number of aromatic hydroxyl groups is 1. The first-order chi connectivity index (χ1) is 12.8. The van der Waals surface area contributed by atoms with Crippen molar-refractivity contribution >= 4 is 29.6 Å². The summed E-state index contributed by atoms with van der Waals surface area (Å²) in [5.74, 6) is -0.998. The zero-order valence-electron chi connectivity index (χ0n) is 15.2. The van der Waals surface area contributed by atoms with Crippen molar-refractivity contribution in [1.82, 2.24) is 5.32 Å². The molecule has 2 aromatic rings. The molecule has 1 unspecified atom stereocenters. The first-order valence-corrected chi connectivity index (χ1v) is 8.43. The van der Waals surface area contributed by atoms with Crippen LogP contribution in [0.25, 0.3) is 6.08 Å². The lowest BCUT2D eigenvalue weighted by Gasteiger charge is -2.18. The lowest BCUT2D eigenvalue weighted by molar-refractivity contribution is -0.144. The van der Waals surface area contributed by atoms with Crippen LogP contribution in [0.4, 0.5) is 0 Å². The zero-order valence-corrected chi connectivity index (χ0v) is 15.9. The molecule has 7 heteroatoms. The van der Waals surface area contributed by atoms with E-state index in [-0.39, 0.29) is 11.5 Å². The second kappa shape index (κ2) is 9.09. The van der Waals surface area contributed by atoms with Gasteiger partial charge in [-0.25, -0.2) is 4.79 Å². The maximum atomic E-state index is 12.5. The number of amides is 1. The quantitative estimate of drug-likeness (QED) is 0.583. The predicted molar refractivity (Wildman–Crippen MR) is 103 cm³/mol. The van der Waals surface area contributed by atoms with E-state index in [1.807, 2.05) is 0 Å². The van der Waals surface area contributed by atoms with Crippen LogP contribution in [-0.4, -0.2) is 31.2 Å². The standard InChI is InChI=1S/C20H20ClNO5/c1-12(10-13-4-7-15(21)8-5-13)19(24)22-18(20(25)27-3)14-6-9-17(26-2)16(23)11-14/h4-11,18,23H,1-3H3,(H,22,24). The zero-order chi connectivity index (χ0) is 20.0. The number of phenolic OH excluding ortho intramolecular Hbond substituents is 1. The molecule has 0 heterocycles. The van der Waals surface area contributed by atoms with Gasteiger partial charge in [-0.2, -0.15) is 0 Å². The smallest absolute Gasteiger partial charge is 0.333 e. The fourth-order valence-corrected chi connectivity index (χ4v) is 2.53. The van der Waals surface area contributed by atoms with E-state index in [0.717, 1.165) is 5.56 Å². The average molecular weight is 390 g/mol. The lowest BCUT2D eigenvalue weighted by Crippen LogP contribution is -2.34. The minimum Gasteiger partial charge on any atom is -0.504 e. The molecular formula is C20H20ClNO5. The number of rotatable bonds is 6. The van der Waals surface area contributed by atoms with Crippen LogP contribution >= 0.6 is 11.6 Å². The summed E-state index contributed by atoms with van der Waals surface area (Å²) in [5.41, 5.74) is 1.56. The number of methoxy groups -OCH3 is 2. The maximum Gasteiger partial charge on any atom is 0.333 e. The Bertz CT molecular complexity index is 861. The van der Waals surface area contributed by atoms with E-state index in [1.165, 1.54) is 26.4 Å². The van der Waals surface area contributed by atoms with Crippen molar-refractivity contribution in [3.8, 4) is 11.5 Å². The normalized spacial score (nSPS) is 12.2. The summed E-state index contributed by atoms with van der Waals surface area (Å²) in [6.45, 7) is 1.63. The molecule has 142 valence electrons. The van der Waals surface area contributed by atoms with E-state index in [2.05, 4.69) is 5.32 Å². The Morgan fingerprint density at radius 1 is 1.15 bits per heavy atom. The van der Waals surface area contributed by atoms with Gasteiger partial charge in [-0.1, -0.05) is 29.8 Å². The van der Waals surface area contributed by atoms with Crippen LogP contribution in [0.2, 0.25) is 5.02 Å². The first-order valence-electron chi connectivity index (χ1n) is 8.05. The highest BCUT2D eigenvalue weighted by Gasteiger charge is 2.25. The van der Waals surface area contributed by atoms with Crippen LogP contribution in [0.15, 0.2) is 48.0 Å². The number of phenols is 1. The second-order valence-corrected chi connectivity index (χ2v) is 6.18. The van der Waals surface area contributed by atoms with Gasteiger partial charge in [0.2, 0.25) is 5.91 Å². The number of esters is 1. The van der Waals surface area contributed by atoms with Gasteiger partial charge in [0, 0.05) is 10.6 Å². The van der Waals surface area contributed by atoms with E-state index in [0.29, 0.717) is 16.2 Å². The van der Waals surface area contributed by atoms with Gasteiger partial charge in [0.15, 0.2) is 17.5 Å². The van der Waals surface area contributed by atoms with Crippen LogP contribution in [0.1, 0.15) is 24.1 Å². The van der Waals surface area contributed by atoms with Gasteiger partial charge in [-0.3, -0.25) is 4.79 Å². The third kappa shape index (κ3) is 5.24. The van der Waals surface area contributed by atoms with Crippen LogP contribution < -0.4 is 10.1 Å². The topological polar surface area (TPSA) is 84.9 Å². The lowest BCUT2D eigenvalue weighted by atomic mass is 10.0. The molecule has 2 rings (SSSR count). The average Bonchev–Trinajstić information content (AvgIpc) is 2.66. The summed E-state index contributed by atoms with van der Waals surface area (Å²) in [5, 5.41) is 13.2. The molecule has 0 saturated carbocycles. The first kappa shape index (κ1) is 20.3. The summed E-state index contributed by atoms with van der Waals surface area (Å²) in [7, 11) is 2.64. The Kier molecular flexibility index (Phi) is 6.85. The number of carbonyl (C=O) groups excluding carboxylic acids is 2. The van der Waals surface area contributed by atoms with Gasteiger partial charge >= 0.3 is 5.97 Å². The van der Waals surface area contributed by atoms with E-state index < -0.39 is 17.9 Å². The molecule has 0 bridgehead atoms. The van der Waals surface area contributed by atoms with Crippen LogP contribution in [-0.2, 0) is 14.3 Å². The highest BCUT2D eigenvalue weighted by atomic mass is 35.5. The van der Waals surface area contributed by atoms with Crippen LogP contribution in [0, 0.1) is 0 Å². The van der Waals surface area contributed by atoms with E-state index in [4.69, 9.17) is 21.1 Å². The number of hydrogen-bond acceptors (Lipinski definition) is 5. The Labute approximate surface area is 162 Å². The molecule has 6 nitrogen and oxygen atoms in total. The molecule has 2 N–H and O–H groups in total. The molecule has 0 radical (unpaired) electrons. The van der Waals surface area contributed by atoms with Crippen molar-refractivity contribution in [2.75, 3.05) is 14.2 Å². The van der Waals surface area contributed by atoms with E-state index in [9.17, 15) is 14.7 Å². The van der Waals surface area contributed by atoms with Crippen molar-refractivity contribution < 1.29 is 24.2 Å².